The van der Waals surface area contributed by atoms with E-state index in [4.69, 9.17) is 0 Å². The number of hydrogen-bond acceptors (Lipinski definition) is 5. The van der Waals surface area contributed by atoms with Crippen molar-refractivity contribution in [1.29, 1.82) is 0 Å². The maximum absolute atomic E-state index is 12.4. The van der Waals surface area contributed by atoms with E-state index in [-0.39, 0.29) is 11.6 Å². The van der Waals surface area contributed by atoms with Crippen molar-refractivity contribution in [2.75, 3.05) is 63.9 Å². The number of carbonyl (C=O) groups excluding carboxylic acids is 2. The zero-order valence-corrected chi connectivity index (χ0v) is 34.6. The normalized spacial score (nSPS) is 17.0. The molecule has 50 heavy (non-hydrogen) atoms. The first-order chi connectivity index (χ1) is 24.5. The van der Waals surface area contributed by atoms with Crippen molar-refractivity contribution in [1.82, 2.24) is 14.7 Å². The molecule has 6 heteroatoms. The number of Topliss-reactive ketones (excluding diaryl/α,β-unsaturated/α-hetero) is 1. The van der Waals surface area contributed by atoms with E-state index >= 15 is 0 Å². The Bertz CT molecular complexity index is 979. The molecule has 3 heterocycles. The molecule has 0 radical (unpaired) electrons. The van der Waals surface area contributed by atoms with E-state index in [1.165, 1.54) is 134 Å². The first kappa shape index (κ1) is 43.1. The number of unbranched alkanes of at least 4 members (excludes halogenated alkanes) is 20. The van der Waals surface area contributed by atoms with Gasteiger partial charge in [-0.1, -0.05) is 130 Å². The maximum Gasteiger partial charge on any atom is 0.227 e. The lowest BCUT2D eigenvalue weighted by molar-refractivity contribution is -0.117. The zero-order chi connectivity index (χ0) is 35.9. The van der Waals surface area contributed by atoms with E-state index in [0.717, 1.165) is 39.3 Å². The van der Waals surface area contributed by atoms with Crippen molar-refractivity contribution in [3.8, 4) is 0 Å². The van der Waals surface area contributed by atoms with Gasteiger partial charge in [0.15, 0.2) is 0 Å². The van der Waals surface area contributed by atoms with Crippen LogP contribution in [0.2, 0.25) is 0 Å². The summed E-state index contributed by atoms with van der Waals surface area (Å²) in [5.74, 6) is 0.0485. The van der Waals surface area contributed by atoms with Crippen LogP contribution in [0.25, 0.3) is 0 Å². The summed E-state index contributed by atoms with van der Waals surface area (Å²) >= 11 is 0. The zero-order valence-electron chi connectivity index (χ0n) is 33.7. The predicted molar refractivity (Wildman–Crippen MR) is 220 cm³/mol. The topological polar surface area (TPSA) is 43.2 Å². The molecule has 0 aromatic heterocycles. The quantitative estimate of drug-likeness (QED) is 0.0310. The molecule has 0 saturated carbocycles. The van der Waals surface area contributed by atoms with Gasteiger partial charge in [0.05, 0.1) is 30.3 Å². The lowest BCUT2D eigenvalue weighted by Gasteiger charge is -2.28. The highest BCUT2D eigenvalue weighted by Gasteiger charge is 2.43. The molecule has 0 N–H and O–H groups in total. The fourth-order valence-electron chi connectivity index (χ4n) is 7.86. The molecule has 288 valence electrons. The summed E-state index contributed by atoms with van der Waals surface area (Å²) in [5.41, 5.74) is 1.89. The van der Waals surface area contributed by atoms with Gasteiger partial charge in [-0.25, -0.2) is 0 Å². The lowest BCUT2D eigenvalue weighted by Crippen LogP contribution is -2.29. The molecule has 0 bridgehead atoms. The molecule has 3 fully saturated rings. The summed E-state index contributed by atoms with van der Waals surface area (Å²) in [4.78, 5) is 30.5. The Labute approximate surface area is 311 Å². The summed E-state index contributed by atoms with van der Waals surface area (Å²) in [5, 5.41) is 0. The Morgan fingerprint density at radius 2 is 0.720 bits per heavy atom. The number of rotatable bonds is 31. The second-order valence-corrected chi connectivity index (χ2v) is 20.7. The summed E-state index contributed by atoms with van der Waals surface area (Å²) in [6, 6.07) is 0. The molecule has 0 aromatic rings. The van der Waals surface area contributed by atoms with Crippen LogP contribution >= 0.6 is 7.26 Å². The van der Waals surface area contributed by atoms with Crippen LogP contribution in [0.1, 0.15) is 182 Å². The Balaban J connectivity index is 0.000000323. The van der Waals surface area contributed by atoms with Crippen LogP contribution < -0.4 is 0 Å². The maximum atomic E-state index is 12.4. The molecule has 4 aliphatic rings. The molecule has 3 saturated heterocycles. The van der Waals surface area contributed by atoms with Crippen molar-refractivity contribution < 1.29 is 9.59 Å². The van der Waals surface area contributed by atoms with Crippen LogP contribution in [0.3, 0.4) is 0 Å². The summed E-state index contributed by atoms with van der Waals surface area (Å²) in [7, 11) is -0.697. The van der Waals surface area contributed by atoms with Crippen LogP contribution in [0.4, 0.5) is 0 Å². The third-order valence-corrected chi connectivity index (χ3v) is 16.5. The monoisotopic (exact) mass is 715 g/mol. The van der Waals surface area contributed by atoms with E-state index in [1.54, 1.807) is 50.3 Å². The van der Waals surface area contributed by atoms with Gasteiger partial charge in [0, 0.05) is 52.6 Å². The van der Waals surface area contributed by atoms with Crippen molar-refractivity contribution in [2.24, 2.45) is 0 Å². The first-order valence-electron chi connectivity index (χ1n) is 22.1. The van der Waals surface area contributed by atoms with E-state index in [1.807, 2.05) is 14.7 Å². The van der Waals surface area contributed by atoms with Gasteiger partial charge in [-0.3, -0.25) is 9.59 Å². The van der Waals surface area contributed by atoms with E-state index in [0.29, 0.717) is 17.1 Å². The molecule has 0 spiro atoms. The minimum absolute atomic E-state index is 0.00546. The van der Waals surface area contributed by atoms with Crippen molar-refractivity contribution in [3.05, 3.63) is 23.2 Å². The molecule has 4 rings (SSSR count). The smallest absolute Gasteiger partial charge is 0.227 e. The van der Waals surface area contributed by atoms with E-state index in [2.05, 4.69) is 27.7 Å². The molecule has 0 aromatic carbocycles. The van der Waals surface area contributed by atoms with Crippen LogP contribution in [0.15, 0.2) is 23.2 Å². The molecule has 1 aliphatic carbocycles. The first-order valence-corrected chi connectivity index (χ1v) is 24.7. The number of hydrogen-bond donors (Lipinski definition) is 0. The fourth-order valence-corrected chi connectivity index (χ4v) is 12.8. The largest absolute Gasteiger partial charge is 0.365 e. The second-order valence-electron chi connectivity index (χ2n) is 16.2. The van der Waals surface area contributed by atoms with Gasteiger partial charge < -0.3 is 14.7 Å². The van der Waals surface area contributed by atoms with Crippen molar-refractivity contribution >= 4 is 18.8 Å². The van der Waals surface area contributed by atoms with Crippen molar-refractivity contribution in [3.63, 3.8) is 0 Å². The lowest BCUT2D eigenvalue weighted by atomic mass is 10.0. The van der Waals surface area contributed by atoms with E-state index < -0.39 is 7.26 Å². The number of allylic oxidation sites excluding steroid dienone is 1. The predicted octanol–water partition coefficient (Wildman–Crippen LogP) is 11.6. The highest BCUT2D eigenvalue weighted by molar-refractivity contribution is 7.75. The SMILES string of the molecule is CCCCCCCCCCCCCC[P+](CCCCCC)(CCCCCC)CCCCCC.O=C1C=C(N2CC2)C(=O)C(N2CC2)=C1N1CC1. The van der Waals surface area contributed by atoms with E-state index in [9.17, 15) is 9.59 Å². The molecular formula is C44H81N3O2P+. The van der Waals surface area contributed by atoms with Crippen LogP contribution in [-0.2, 0) is 9.59 Å². The molecule has 5 nitrogen and oxygen atoms in total. The van der Waals surface area contributed by atoms with Crippen molar-refractivity contribution in [2.45, 2.75) is 182 Å². The standard InChI is InChI=1S/C32H68P.C12H13N3O2/c1-5-9-13-17-18-19-20-21-22-23-24-28-32-33(29-25-14-10-6-2,30-26-15-11-7-3)31-27-16-12-8-4;16-9-7-8(13-1-2-13)12(17)11(15-5-6-15)10(9)14-3-4-14/h5-32H2,1-4H3;7H,1-6H2/q+1;. The van der Waals surface area contributed by atoms with Gasteiger partial charge in [-0.2, -0.15) is 0 Å². The van der Waals surface area contributed by atoms with Gasteiger partial charge in [0.25, 0.3) is 0 Å². The van der Waals surface area contributed by atoms with Crippen LogP contribution in [-0.4, -0.2) is 90.2 Å². The Morgan fingerprint density at radius 3 is 1.06 bits per heavy atom. The summed E-state index contributed by atoms with van der Waals surface area (Å²) in [6.45, 7) is 14.8. The average Bonchev–Trinajstić information content (AvgIpc) is 3.95. The van der Waals surface area contributed by atoms with Gasteiger partial charge in [-0.15, -0.1) is 0 Å². The second kappa shape index (κ2) is 25.6. The Kier molecular flexibility index (Phi) is 22.0. The van der Waals surface area contributed by atoms with Crippen LogP contribution in [0.5, 0.6) is 0 Å². The highest BCUT2D eigenvalue weighted by Crippen LogP contribution is 2.61. The minimum Gasteiger partial charge on any atom is -0.365 e. The van der Waals surface area contributed by atoms with Gasteiger partial charge in [0.2, 0.25) is 11.6 Å². The number of ketones is 2. The molecule has 0 unspecified atom stereocenters. The highest BCUT2D eigenvalue weighted by atomic mass is 31.2. The average molecular weight is 715 g/mol. The van der Waals surface area contributed by atoms with Gasteiger partial charge >= 0.3 is 0 Å². The molecule has 3 aliphatic heterocycles. The number of carbonyl (C=O) groups is 2. The molecule has 0 amide bonds. The van der Waals surface area contributed by atoms with Gasteiger partial charge in [-0.05, 0) is 51.4 Å². The molecular weight excluding hydrogens is 633 g/mol. The van der Waals surface area contributed by atoms with Crippen LogP contribution in [0, 0.1) is 0 Å². The Morgan fingerprint density at radius 1 is 0.420 bits per heavy atom. The summed E-state index contributed by atoms with van der Waals surface area (Å²) in [6.07, 6.45) is 43.6. The molecule has 0 atom stereocenters. The minimum atomic E-state index is -0.697. The van der Waals surface area contributed by atoms with Gasteiger partial charge in [0.1, 0.15) is 11.4 Å². The Hall–Kier alpha value is -1.35. The third-order valence-electron chi connectivity index (χ3n) is 11.4. The third kappa shape index (κ3) is 17.0. The summed E-state index contributed by atoms with van der Waals surface area (Å²) < 4.78 is 0. The number of nitrogens with zero attached hydrogens (tertiary/aromatic N) is 3. The fraction of sp³-hybridized carbons (Fsp3) is 0.864.